The molecule has 8 nitrogen and oxygen atoms in total. The fourth-order valence-corrected chi connectivity index (χ4v) is 4.01. The van der Waals surface area contributed by atoms with E-state index in [1.807, 2.05) is 50.2 Å². The van der Waals surface area contributed by atoms with E-state index >= 15 is 0 Å². The van der Waals surface area contributed by atoms with Gasteiger partial charge in [-0.2, -0.15) is 9.97 Å². The maximum absolute atomic E-state index is 5.89. The number of hydrogen-bond acceptors (Lipinski definition) is 8. The summed E-state index contributed by atoms with van der Waals surface area (Å²) < 4.78 is 0. The summed E-state index contributed by atoms with van der Waals surface area (Å²) in [5.74, 6) is 1.37. The minimum atomic E-state index is 0.223. The molecule has 0 saturated heterocycles. The molecule has 2 heterocycles. The van der Waals surface area contributed by atoms with Crippen LogP contribution in [0.15, 0.2) is 73.3 Å². The largest absolute Gasteiger partial charge is 0.383 e. The molecule has 0 amide bonds. The zero-order valence-corrected chi connectivity index (χ0v) is 22.3. The minimum absolute atomic E-state index is 0.223. The maximum Gasteiger partial charge on any atom is 0.222 e. The smallest absolute Gasteiger partial charge is 0.222 e. The van der Waals surface area contributed by atoms with E-state index in [1.54, 1.807) is 0 Å². The van der Waals surface area contributed by atoms with Crippen LogP contribution in [-0.4, -0.2) is 19.9 Å². The van der Waals surface area contributed by atoms with Crippen molar-refractivity contribution in [2.45, 2.75) is 40.0 Å². The van der Waals surface area contributed by atoms with Crippen molar-refractivity contribution < 1.29 is 0 Å². The number of benzene rings is 2. The first-order valence-corrected chi connectivity index (χ1v) is 12.4. The van der Waals surface area contributed by atoms with E-state index < -0.39 is 0 Å². The van der Waals surface area contributed by atoms with Gasteiger partial charge in [-0.05, 0) is 62.3 Å². The van der Waals surface area contributed by atoms with Crippen LogP contribution in [0.2, 0.25) is 0 Å². The second kappa shape index (κ2) is 13.0. The van der Waals surface area contributed by atoms with E-state index in [0.29, 0.717) is 18.1 Å². The quantitative estimate of drug-likeness (QED) is 0.266. The van der Waals surface area contributed by atoms with Crippen LogP contribution in [0.25, 0.3) is 11.1 Å². The SMILES string of the molecule is C/C(=C\Cc1c(C)nc(N)nc1N)c1ccccc1.C=C(CCc1c(C)nc(N)nc1N)c1ccccc1. The van der Waals surface area contributed by atoms with Gasteiger partial charge in [0.2, 0.25) is 11.9 Å². The van der Waals surface area contributed by atoms with Crippen molar-refractivity contribution in [3.05, 3.63) is 107 Å². The third kappa shape index (κ3) is 7.64. The van der Waals surface area contributed by atoms with Crippen LogP contribution >= 0.6 is 0 Å². The molecule has 0 atom stereocenters. The molecule has 0 radical (unpaired) electrons. The average molecular weight is 509 g/mol. The van der Waals surface area contributed by atoms with E-state index in [0.717, 1.165) is 46.5 Å². The van der Waals surface area contributed by atoms with Gasteiger partial charge in [0.25, 0.3) is 0 Å². The average Bonchev–Trinajstić information content (AvgIpc) is 2.88. The summed E-state index contributed by atoms with van der Waals surface area (Å²) in [6, 6.07) is 20.3. The van der Waals surface area contributed by atoms with Crippen molar-refractivity contribution in [3.63, 3.8) is 0 Å². The van der Waals surface area contributed by atoms with Gasteiger partial charge in [-0.15, -0.1) is 0 Å². The topological polar surface area (TPSA) is 156 Å². The van der Waals surface area contributed by atoms with Crippen molar-refractivity contribution in [2.75, 3.05) is 22.9 Å². The molecule has 0 spiro atoms. The number of hydrogen-bond donors (Lipinski definition) is 4. The Labute approximate surface area is 224 Å². The Hall–Kier alpha value is -4.72. The van der Waals surface area contributed by atoms with Gasteiger partial charge in [0, 0.05) is 22.5 Å². The Morgan fingerprint density at radius 3 is 1.68 bits per heavy atom. The molecule has 0 aliphatic heterocycles. The van der Waals surface area contributed by atoms with Crippen molar-refractivity contribution in [3.8, 4) is 0 Å². The predicted octanol–water partition coefficient (Wildman–Crippen LogP) is 5.19. The van der Waals surface area contributed by atoms with Gasteiger partial charge in [-0.1, -0.05) is 73.3 Å². The van der Waals surface area contributed by atoms with Crippen LogP contribution in [0.1, 0.15) is 47.0 Å². The number of nitrogens with zero attached hydrogens (tertiary/aromatic N) is 4. The lowest BCUT2D eigenvalue weighted by molar-refractivity contribution is 0.958. The second-order valence-corrected chi connectivity index (χ2v) is 8.99. The normalized spacial score (nSPS) is 11.0. The Morgan fingerprint density at radius 1 is 0.711 bits per heavy atom. The molecular weight excluding hydrogens is 472 g/mol. The van der Waals surface area contributed by atoms with Gasteiger partial charge >= 0.3 is 0 Å². The van der Waals surface area contributed by atoms with Gasteiger partial charge in [-0.3, -0.25) is 0 Å². The zero-order valence-electron chi connectivity index (χ0n) is 22.3. The zero-order chi connectivity index (χ0) is 27.7. The Morgan fingerprint density at radius 2 is 1.18 bits per heavy atom. The molecule has 0 unspecified atom stereocenters. The lowest BCUT2D eigenvalue weighted by Crippen LogP contribution is -2.07. The van der Waals surface area contributed by atoms with E-state index in [2.05, 4.69) is 63.8 Å². The molecule has 0 aliphatic carbocycles. The number of nitrogen functional groups attached to an aromatic ring is 4. The van der Waals surface area contributed by atoms with Gasteiger partial charge in [0.15, 0.2) is 0 Å². The number of nitrogens with two attached hydrogens (primary N) is 4. The molecular formula is C30H36N8. The molecule has 0 fully saturated rings. The molecule has 0 aliphatic rings. The highest BCUT2D eigenvalue weighted by atomic mass is 15.0. The first kappa shape index (κ1) is 27.9. The summed E-state index contributed by atoms with van der Waals surface area (Å²) in [5, 5.41) is 0. The van der Waals surface area contributed by atoms with Crippen molar-refractivity contribution in [2.24, 2.45) is 0 Å². The Bertz CT molecular complexity index is 1370. The number of rotatable bonds is 7. The lowest BCUT2D eigenvalue weighted by atomic mass is 9.99. The third-order valence-corrected chi connectivity index (χ3v) is 6.23. The maximum atomic E-state index is 5.89. The van der Waals surface area contributed by atoms with Crippen molar-refractivity contribution in [1.29, 1.82) is 0 Å². The van der Waals surface area contributed by atoms with E-state index in [4.69, 9.17) is 22.9 Å². The highest BCUT2D eigenvalue weighted by Gasteiger charge is 2.09. The van der Waals surface area contributed by atoms with Crippen LogP contribution in [0.3, 0.4) is 0 Å². The summed E-state index contributed by atoms with van der Waals surface area (Å²) in [7, 11) is 0. The van der Waals surface area contributed by atoms with E-state index in [-0.39, 0.29) is 11.9 Å². The van der Waals surface area contributed by atoms with Crippen LogP contribution in [0.4, 0.5) is 23.5 Å². The fourth-order valence-electron chi connectivity index (χ4n) is 4.01. The van der Waals surface area contributed by atoms with E-state index in [1.165, 1.54) is 11.1 Å². The Balaban J connectivity index is 0.000000211. The standard InChI is InChI=1S/2C15H18N4/c2*1-10(12-6-4-3-5-7-12)8-9-13-11(2)18-15(17)19-14(13)16/h3-8H,9H2,1-2H3,(H4,16,17,18,19);3-7H,1,8-9H2,2H3,(H4,16,17,18,19)/b10-8+;. The number of allylic oxidation sites excluding steroid dienone is 3. The first-order chi connectivity index (χ1) is 18.2. The molecule has 2 aromatic carbocycles. The summed E-state index contributed by atoms with van der Waals surface area (Å²) in [5.41, 5.74) is 31.1. The van der Waals surface area contributed by atoms with Crippen molar-refractivity contribution in [1.82, 2.24) is 19.9 Å². The van der Waals surface area contributed by atoms with Gasteiger partial charge in [-0.25, -0.2) is 9.97 Å². The van der Waals surface area contributed by atoms with Crippen LogP contribution in [0, 0.1) is 13.8 Å². The Kier molecular flexibility index (Phi) is 9.54. The molecule has 8 heteroatoms. The highest BCUT2D eigenvalue weighted by Crippen LogP contribution is 2.22. The number of anilines is 4. The lowest BCUT2D eigenvalue weighted by Gasteiger charge is -2.10. The molecule has 8 N–H and O–H groups in total. The summed E-state index contributed by atoms with van der Waals surface area (Å²) in [6.07, 6.45) is 4.43. The molecule has 2 aromatic heterocycles. The van der Waals surface area contributed by atoms with Gasteiger partial charge in [0.1, 0.15) is 11.6 Å². The molecule has 0 bridgehead atoms. The monoisotopic (exact) mass is 508 g/mol. The van der Waals surface area contributed by atoms with Crippen molar-refractivity contribution >= 4 is 34.7 Å². The van der Waals surface area contributed by atoms with Crippen LogP contribution in [-0.2, 0) is 12.8 Å². The van der Waals surface area contributed by atoms with E-state index in [9.17, 15) is 0 Å². The van der Waals surface area contributed by atoms with Gasteiger partial charge < -0.3 is 22.9 Å². The first-order valence-electron chi connectivity index (χ1n) is 12.4. The minimum Gasteiger partial charge on any atom is -0.383 e. The summed E-state index contributed by atoms with van der Waals surface area (Å²) >= 11 is 0. The summed E-state index contributed by atoms with van der Waals surface area (Å²) in [4.78, 5) is 16.3. The molecule has 38 heavy (non-hydrogen) atoms. The fraction of sp³-hybridized carbons (Fsp3) is 0.200. The highest BCUT2D eigenvalue weighted by molar-refractivity contribution is 5.65. The molecule has 0 saturated carbocycles. The van der Waals surface area contributed by atoms with Crippen LogP contribution in [0.5, 0.6) is 0 Å². The molecule has 4 aromatic rings. The second-order valence-electron chi connectivity index (χ2n) is 8.99. The number of aromatic nitrogens is 4. The predicted molar refractivity (Wildman–Crippen MR) is 159 cm³/mol. The third-order valence-electron chi connectivity index (χ3n) is 6.23. The molecule has 196 valence electrons. The summed E-state index contributed by atoms with van der Waals surface area (Å²) in [6.45, 7) is 9.99. The van der Waals surface area contributed by atoms with Gasteiger partial charge in [0.05, 0.1) is 0 Å². The van der Waals surface area contributed by atoms with Crippen LogP contribution < -0.4 is 22.9 Å². The number of aryl methyl sites for hydroxylation is 2. The molecule has 4 rings (SSSR count).